The van der Waals surface area contributed by atoms with E-state index < -0.39 is 0 Å². The Labute approximate surface area is 165 Å². The Morgan fingerprint density at radius 3 is 2.75 bits per heavy atom. The zero-order valence-corrected chi connectivity index (χ0v) is 16.4. The highest BCUT2D eigenvalue weighted by molar-refractivity contribution is 7.22. The normalized spacial score (nSPS) is 14.4. The van der Waals surface area contributed by atoms with E-state index >= 15 is 0 Å². The van der Waals surface area contributed by atoms with E-state index in [9.17, 15) is 9.59 Å². The molecular weight excluding hydrogens is 378 g/mol. The maximum absolute atomic E-state index is 12.7. The van der Waals surface area contributed by atoms with Gasteiger partial charge in [-0.15, -0.1) is 0 Å². The molecule has 146 valence electrons. The molecule has 0 atom stereocenters. The van der Waals surface area contributed by atoms with Gasteiger partial charge in [-0.25, -0.2) is 4.98 Å². The number of thiazole rings is 1. The predicted octanol–water partition coefficient (Wildman–Crippen LogP) is 1.31. The van der Waals surface area contributed by atoms with Crippen LogP contribution in [0, 0.1) is 6.92 Å². The Morgan fingerprint density at radius 2 is 2.00 bits per heavy atom. The van der Waals surface area contributed by atoms with Crippen LogP contribution in [0.3, 0.4) is 0 Å². The fraction of sp³-hybridized carbons (Fsp3) is 0.368. The van der Waals surface area contributed by atoms with Gasteiger partial charge in [-0.1, -0.05) is 41.2 Å². The Kier molecular flexibility index (Phi) is 5.36. The zero-order chi connectivity index (χ0) is 19.5. The van der Waals surface area contributed by atoms with E-state index in [1.165, 1.54) is 27.8 Å². The van der Waals surface area contributed by atoms with E-state index in [1.54, 1.807) is 0 Å². The van der Waals surface area contributed by atoms with E-state index in [4.69, 9.17) is 4.74 Å². The first-order valence-corrected chi connectivity index (χ1v) is 9.93. The van der Waals surface area contributed by atoms with Crippen molar-refractivity contribution in [1.82, 2.24) is 19.9 Å². The first-order valence-electron chi connectivity index (χ1n) is 9.11. The van der Waals surface area contributed by atoms with Crippen molar-refractivity contribution in [3.63, 3.8) is 0 Å². The highest BCUT2D eigenvalue weighted by atomic mass is 32.1. The van der Waals surface area contributed by atoms with Gasteiger partial charge in [-0.05, 0) is 12.5 Å². The number of fused-ring (bicyclic) bond motifs is 1. The molecule has 1 amide bonds. The van der Waals surface area contributed by atoms with Gasteiger partial charge in [-0.3, -0.25) is 14.2 Å². The van der Waals surface area contributed by atoms with E-state index in [1.807, 2.05) is 31.2 Å². The third-order valence-electron chi connectivity index (χ3n) is 4.58. The second kappa shape index (κ2) is 8.07. The van der Waals surface area contributed by atoms with E-state index in [0.29, 0.717) is 30.1 Å². The van der Waals surface area contributed by atoms with Crippen LogP contribution in [-0.2, 0) is 22.6 Å². The van der Waals surface area contributed by atoms with Gasteiger partial charge in [0.2, 0.25) is 5.91 Å². The Morgan fingerprint density at radius 1 is 1.25 bits per heavy atom. The largest absolute Gasteiger partial charge is 0.378 e. The molecule has 1 aromatic carbocycles. The number of hydrogen-bond acceptors (Lipinski definition) is 7. The van der Waals surface area contributed by atoms with Crippen LogP contribution in [0.4, 0.5) is 5.13 Å². The minimum Gasteiger partial charge on any atom is -0.378 e. The number of aryl methyl sites for hydroxylation is 1. The average Bonchev–Trinajstić information content (AvgIpc) is 3.16. The summed E-state index contributed by atoms with van der Waals surface area (Å²) in [5, 5.41) is 3.61. The molecule has 1 fully saturated rings. The minimum absolute atomic E-state index is 0.0710. The Bertz CT molecular complexity index is 1040. The van der Waals surface area contributed by atoms with Crippen molar-refractivity contribution in [3.05, 3.63) is 52.1 Å². The molecule has 1 aliphatic heterocycles. The molecule has 28 heavy (non-hydrogen) atoms. The van der Waals surface area contributed by atoms with Crippen LogP contribution in [-0.4, -0.2) is 46.7 Å². The molecule has 0 radical (unpaired) electrons. The highest BCUT2D eigenvalue weighted by Crippen LogP contribution is 2.25. The molecule has 3 aromatic rings. The molecule has 1 saturated heterocycles. The van der Waals surface area contributed by atoms with E-state index in [-0.39, 0.29) is 18.0 Å². The van der Waals surface area contributed by atoms with E-state index in [2.05, 4.69) is 20.2 Å². The molecule has 0 unspecified atom stereocenters. The summed E-state index contributed by atoms with van der Waals surface area (Å²) in [7, 11) is 0. The van der Waals surface area contributed by atoms with Crippen LogP contribution >= 0.6 is 11.3 Å². The van der Waals surface area contributed by atoms with Gasteiger partial charge >= 0.3 is 0 Å². The van der Waals surface area contributed by atoms with Gasteiger partial charge in [0.05, 0.1) is 13.2 Å². The zero-order valence-electron chi connectivity index (χ0n) is 15.6. The number of nitrogens with one attached hydrogen (secondary N) is 1. The van der Waals surface area contributed by atoms with Gasteiger partial charge in [0.25, 0.3) is 5.56 Å². The molecule has 9 heteroatoms. The summed E-state index contributed by atoms with van der Waals surface area (Å²) in [5.74, 6) is -0.234. The number of nitrogens with zero attached hydrogens (tertiary/aromatic N) is 4. The second-order valence-electron chi connectivity index (χ2n) is 6.69. The first-order chi connectivity index (χ1) is 13.6. The fourth-order valence-electron chi connectivity index (χ4n) is 2.95. The topological polar surface area (TPSA) is 89.3 Å². The molecule has 0 aliphatic carbocycles. The number of morpholine rings is 1. The summed E-state index contributed by atoms with van der Waals surface area (Å²) < 4.78 is 7.15. The molecule has 1 aliphatic rings. The molecule has 0 saturated carbocycles. The lowest BCUT2D eigenvalue weighted by Gasteiger charge is -2.25. The van der Waals surface area contributed by atoms with Gasteiger partial charge < -0.3 is 15.0 Å². The lowest BCUT2D eigenvalue weighted by atomic mass is 10.1. The van der Waals surface area contributed by atoms with Crippen molar-refractivity contribution in [3.8, 4) is 0 Å². The maximum Gasteiger partial charge on any atom is 0.273 e. The van der Waals surface area contributed by atoms with Crippen LogP contribution in [0.1, 0.15) is 11.1 Å². The van der Waals surface area contributed by atoms with Crippen molar-refractivity contribution in [2.24, 2.45) is 0 Å². The van der Waals surface area contributed by atoms with Crippen LogP contribution in [0.15, 0.2) is 35.4 Å². The molecule has 0 bridgehead atoms. The molecule has 4 rings (SSSR count). The monoisotopic (exact) mass is 399 g/mol. The number of carbonyl (C=O) groups is 1. The quantitative estimate of drug-likeness (QED) is 0.696. The Hall–Kier alpha value is -2.78. The molecule has 3 heterocycles. The van der Waals surface area contributed by atoms with Crippen LogP contribution < -0.4 is 15.8 Å². The third kappa shape index (κ3) is 4.05. The number of anilines is 1. The number of carbonyl (C=O) groups excluding carboxylic acids is 1. The van der Waals surface area contributed by atoms with Crippen molar-refractivity contribution in [2.75, 3.05) is 31.2 Å². The molecule has 0 spiro atoms. The molecular formula is C19H21N5O3S. The van der Waals surface area contributed by atoms with Crippen molar-refractivity contribution in [1.29, 1.82) is 0 Å². The summed E-state index contributed by atoms with van der Waals surface area (Å²) in [6, 6.07) is 7.94. The number of rotatable bonds is 5. The highest BCUT2D eigenvalue weighted by Gasteiger charge is 2.18. The predicted molar refractivity (Wildman–Crippen MR) is 108 cm³/mol. The smallest absolute Gasteiger partial charge is 0.273 e. The third-order valence-corrected chi connectivity index (χ3v) is 5.67. The summed E-state index contributed by atoms with van der Waals surface area (Å²) in [6.45, 7) is 5.15. The van der Waals surface area contributed by atoms with Crippen molar-refractivity contribution in [2.45, 2.75) is 20.0 Å². The standard InChI is InChI=1S/C19H21N5O3S/c1-13-2-4-14(5-3-13)10-20-15(25)11-24-12-21-17-16(18(24)26)28-19(22-17)23-6-8-27-9-7-23/h2-5,12H,6-11H2,1H3,(H,20,25). The summed E-state index contributed by atoms with van der Waals surface area (Å²) in [4.78, 5) is 35.8. The lowest BCUT2D eigenvalue weighted by molar-refractivity contribution is -0.121. The molecule has 1 N–H and O–H groups in total. The molecule has 2 aromatic heterocycles. The Balaban J connectivity index is 1.45. The summed E-state index contributed by atoms with van der Waals surface area (Å²) in [5.41, 5.74) is 2.36. The number of amides is 1. The number of hydrogen-bond donors (Lipinski definition) is 1. The minimum atomic E-state index is -0.243. The van der Waals surface area contributed by atoms with Crippen LogP contribution in [0.25, 0.3) is 10.3 Å². The molecule has 8 nitrogen and oxygen atoms in total. The number of aromatic nitrogens is 3. The van der Waals surface area contributed by atoms with Crippen molar-refractivity contribution < 1.29 is 9.53 Å². The summed E-state index contributed by atoms with van der Waals surface area (Å²) in [6.07, 6.45) is 1.39. The fourth-order valence-corrected chi connectivity index (χ4v) is 3.98. The van der Waals surface area contributed by atoms with Crippen LogP contribution in [0.5, 0.6) is 0 Å². The summed E-state index contributed by atoms with van der Waals surface area (Å²) >= 11 is 1.31. The first kappa shape index (κ1) is 18.6. The SMILES string of the molecule is Cc1ccc(CNC(=O)Cn2cnc3nc(N4CCOCC4)sc3c2=O)cc1. The lowest BCUT2D eigenvalue weighted by Crippen LogP contribution is -2.36. The van der Waals surface area contributed by atoms with Gasteiger partial charge in [0.1, 0.15) is 17.6 Å². The average molecular weight is 399 g/mol. The second-order valence-corrected chi connectivity index (χ2v) is 7.67. The van der Waals surface area contributed by atoms with Gasteiger partial charge in [-0.2, -0.15) is 4.98 Å². The number of benzene rings is 1. The van der Waals surface area contributed by atoms with Gasteiger partial charge in [0, 0.05) is 19.6 Å². The maximum atomic E-state index is 12.7. The van der Waals surface area contributed by atoms with Gasteiger partial charge in [0.15, 0.2) is 10.8 Å². The van der Waals surface area contributed by atoms with E-state index in [0.717, 1.165) is 23.8 Å². The number of ether oxygens (including phenoxy) is 1. The van der Waals surface area contributed by atoms with Crippen molar-refractivity contribution >= 4 is 32.7 Å². The van der Waals surface area contributed by atoms with Crippen LogP contribution in [0.2, 0.25) is 0 Å².